The van der Waals surface area contributed by atoms with Gasteiger partial charge in [-0.2, -0.15) is 0 Å². The fraction of sp³-hybridized carbons (Fsp3) is 0.333. The highest BCUT2D eigenvalue weighted by Crippen LogP contribution is 2.28. The molecule has 0 radical (unpaired) electrons. The van der Waals surface area contributed by atoms with Crippen LogP contribution in [-0.4, -0.2) is 24.1 Å². The van der Waals surface area contributed by atoms with E-state index in [4.69, 9.17) is 9.15 Å². The SMILES string of the molecule is COc1cccc(C(C)(CC(=O)O)NC(=O)CCc2ccco2)c1. The third kappa shape index (κ3) is 4.62. The second kappa shape index (κ2) is 7.68. The summed E-state index contributed by atoms with van der Waals surface area (Å²) in [7, 11) is 1.54. The normalized spacial score (nSPS) is 13.1. The van der Waals surface area contributed by atoms with Gasteiger partial charge in [0.15, 0.2) is 0 Å². The molecular weight excluding hydrogens is 310 g/mol. The van der Waals surface area contributed by atoms with E-state index in [9.17, 15) is 14.7 Å². The van der Waals surface area contributed by atoms with E-state index < -0.39 is 11.5 Å². The summed E-state index contributed by atoms with van der Waals surface area (Å²) in [6, 6.07) is 10.6. The van der Waals surface area contributed by atoms with E-state index in [1.807, 2.05) is 0 Å². The molecule has 1 aromatic heterocycles. The van der Waals surface area contributed by atoms with E-state index in [0.29, 0.717) is 23.5 Å². The first-order valence-corrected chi connectivity index (χ1v) is 7.62. The van der Waals surface area contributed by atoms with Crippen LogP contribution in [0, 0.1) is 0 Å². The summed E-state index contributed by atoms with van der Waals surface area (Å²) in [6.07, 6.45) is 2.00. The molecule has 1 atom stereocenters. The topological polar surface area (TPSA) is 88.8 Å². The second-order valence-electron chi connectivity index (χ2n) is 5.76. The number of benzene rings is 1. The predicted octanol–water partition coefficient (Wildman–Crippen LogP) is 2.73. The van der Waals surface area contributed by atoms with Crippen LogP contribution >= 0.6 is 0 Å². The maximum atomic E-state index is 12.3. The number of carbonyl (C=O) groups excluding carboxylic acids is 1. The Morgan fingerprint density at radius 2 is 2.08 bits per heavy atom. The minimum atomic E-state index is -1.03. The van der Waals surface area contributed by atoms with Gasteiger partial charge in [0.1, 0.15) is 11.5 Å². The molecule has 2 aromatic rings. The van der Waals surface area contributed by atoms with Crippen LogP contribution in [-0.2, 0) is 21.5 Å². The molecule has 6 heteroatoms. The number of carboxylic acid groups (broad SMARTS) is 1. The molecule has 1 heterocycles. The van der Waals surface area contributed by atoms with Crippen molar-refractivity contribution in [2.24, 2.45) is 0 Å². The summed E-state index contributed by atoms with van der Waals surface area (Å²) in [5, 5.41) is 12.1. The Bertz CT molecular complexity index is 695. The maximum absolute atomic E-state index is 12.3. The number of carboxylic acids is 1. The van der Waals surface area contributed by atoms with Gasteiger partial charge in [-0.1, -0.05) is 12.1 Å². The summed E-state index contributed by atoms with van der Waals surface area (Å²) in [5.41, 5.74) is -0.351. The quantitative estimate of drug-likeness (QED) is 0.776. The zero-order valence-corrected chi connectivity index (χ0v) is 13.7. The van der Waals surface area contributed by atoms with Crippen molar-refractivity contribution < 1.29 is 23.8 Å². The smallest absolute Gasteiger partial charge is 0.306 e. The highest BCUT2D eigenvalue weighted by Gasteiger charge is 2.31. The lowest BCUT2D eigenvalue weighted by Crippen LogP contribution is -2.45. The molecule has 1 aromatic carbocycles. The van der Waals surface area contributed by atoms with Crippen LogP contribution in [0.25, 0.3) is 0 Å². The number of methoxy groups -OCH3 is 1. The van der Waals surface area contributed by atoms with Gasteiger partial charge in [0.05, 0.1) is 25.3 Å². The number of ether oxygens (including phenoxy) is 1. The van der Waals surface area contributed by atoms with E-state index in [2.05, 4.69) is 5.32 Å². The van der Waals surface area contributed by atoms with Gasteiger partial charge >= 0.3 is 5.97 Å². The standard InChI is InChI=1S/C18H21NO5/c1-18(12-17(21)22,13-5-3-6-15(11-13)23-2)19-16(20)9-8-14-7-4-10-24-14/h3-7,10-11H,8-9,12H2,1-2H3,(H,19,20)(H,21,22). The molecule has 128 valence electrons. The van der Waals surface area contributed by atoms with Gasteiger partial charge in [-0.15, -0.1) is 0 Å². The number of aryl methyl sites for hydroxylation is 1. The molecule has 1 unspecified atom stereocenters. The summed E-state index contributed by atoms with van der Waals surface area (Å²) < 4.78 is 10.4. The highest BCUT2D eigenvalue weighted by molar-refractivity contribution is 5.79. The lowest BCUT2D eigenvalue weighted by molar-refractivity contribution is -0.139. The van der Waals surface area contributed by atoms with Gasteiger partial charge in [0.25, 0.3) is 0 Å². The van der Waals surface area contributed by atoms with Gasteiger partial charge in [-0.3, -0.25) is 9.59 Å². The van der Waals surface area contributed by atoms with Gasteiger partial charge in [0, 0.05) is 12.8 Å². The van der Waals surface area contributed by atoms with Crippen molar-refractivity contribution in [3.8, 4) is 5.75 Å². The zero-order chi connectivity index (χ0) is 17.6. The molecule has 0 aliphatic heterocycles. The van der Waals surface area contributed by atoms with Gasteiger partial charge in [0.2, 0.25) is 5.91 Å². The van der Waals surface area contributed by atoms with Crippen molar-refractivity contribution in [3.05, 3.63) is 54.0 Å². The van der Waals surface area contributed by atoms with Crippen LogP contribution in [0.5, 0.6) is 5.75 Å². The van der Waals surface area contributed by atoms with Crippen LogP contribution in [0.4, 0.5) is 0 Å². The molecular formula is C18H21NO5. The summed E-state index contributed by atoms with van der Waals surface area (Å²) in [5.74, 6) is 0.0880. The number of hydrogen-bond acceptors (Lipinski definition) is 4. The molecule has 0 fully saturated rings. The molecule has 0 saturated heterocycles. The van der Waals surface area contributed by atoms with Crippen molar-refractivity contribution in [3.63, 3.8) is 0 Å². The molecule has 2 N–H and O–H groups in total. The minimum absolute atomic E-state index is 0.215. The number of amides is 1. The molecule has 1 amide bonds. The number of aliphatic carboxylic acids is 1. The highest BCUT2D eigenvalue weighted by atomic mass is 16.5. The third-order valence-electron chi connectivity index (χ3n) is 3.81. The third-order valence-corrected chi connectivity index (χ3v) is 3.81. The monoisotopic (exact) mass is 331 g/mol. The van der Waals surface area contributed by atoms with Crippen molar-refractivity contribution in [2.75, 3.05) is 7.11 Å². The molecule has 2 rings (SSSR count). The second-order valence-corrected chi connectivity index (χ2v) is 5.76. The first-order chi connectivity index (χ1) is 11.4. The first-order valence-electron chi connectivity index (χ1n) is 7.62. The number of rotatable bonds is 8. The van der Waals surface area contributed by atoms with Gasteiger partial charge in [-0.25, -0.2) is 0 Å². The number of nitrogens with one attached hydrogen (secondary N) is 1. The Morgan fingerprint density at radius 3 is 2.71 bits per heavy atom. The number of furan rings is 1. The van der Waals surface area contributed by atoms with Gasteiger partial charge < -0.3 is 19.6 Å². The fourth-order valence-corrected chi connectivity index (χ4v) is 2.55. The van der Waals surface area contributed by atoms with Crippen LogP contribution < -0.4 is 10.1 Å². The van der Waals surface area contributed by atoms with Crippen molar-refractivity contribution in [1.82, 2.24) is 5.32 Å². The molecule has 6 nitrogen and oxygen atoms in total. The van der Waals surface area contributed by atoms with Crippen LogP contribution in [0.15, 0.2) is 47.1 Å². The number of carbonyl (C=O) groups is 2. The average molecular weight is 331 g/mol. The molecule has 0 aliphatic rings. The van der Waals surface area contributed by atoms with E-state index >= 15 is 0 Å². The molecule has 0 bridgehead atoms. The van der Waals surface area contributed by atoms with E-state index in [0.717, 1.165) is 0 Å². The lowest BCUT2D eigenvalue weighted by atomic mass is 9.88. The molecule has 24 heavy (non-hydrogen) atoms. The van der Waals surface area contributed by atoms with Crippen LogP contribution in [0.3, 0.4) is 0 Å². The fourth-order valence-electron chi connectivity index (χ4n) is 2.55. The Hall–Kier alpha value is -2.76. The first kappa shape index (κ1) is 17.6. The predicted molar refractivity (Wildman–Crippen MR) is 87.8 cm³/mol. The molecule has 0 aliphatic carbocycles. The Labute approximate surface area is 140 Å². The summed E-state index contributed by atoms with van der Waals surface area (Å²) in [4.78, 5) is 23.6. The summed E-state index contributed by atoms with van der Waals surface area (Å²) >= 11 is 0. The van der Waals surface area contributed by atoms with Crippen molar-refractivity contribution in [2.45, 2.75) is 31.7 Å². The Kier molecular flexibility index (Phi) is 5.63. The Balaban J connectivity index is 2.13. The van der Waals surface area contributed by atoms with E-state index in [1.54, 1.807) is 49.6 Å². The molecule has 0 saturated carbocycles. The summed E-state index contributed by atoms with van der Waals surface area (Å²) in [6.45, 7) is 1.70. The van der Waals surface area contributed by atoms with E-state index in [1.165, 1.54) is 7.11 Å². The van der Waals surface area contributed by atoms with Crippen molar-refractivity contribution in [1.29, 1.82) is 0 Å². The number of hydrogen-bond donors (Lipinski definition) is 2. The molecule has 0 spiro atoms. The Morgan fingerprint density at radius 1 is 1.29 bits per heavy atom. The maximum Gasteiger partial charge on any atom is 0.306 e. The largest absolute Gasteiger partial charge is 0.497 e. The zero-order valence-electron chi connectivity index (χ0n) is 13.7. The van der Waals surface area contributed by atoms with Crippen LogP contribution in [0.1, 0.15) is 31.1 Å². The lowest BCUT2D eigenvalue weighted by Gasteiger charge is -2.30. The van der Waals surface area contributed by atoms with Crippen LogP contribution in [0.2, 0.25) is 0 Å². The van der Waals surface area contributed by atoms with Gasteiger partial charge in [-0.05, 0) is 36.8 Å². The van der Waals surface area contributed by atoms with E-state index in [-0.39, 0.29) is 18.7 Å². The van der Waals surface area contributed by atoms with Crippen molar-refractivity contribution >= 4 is 11.9 Å². The minimum Gasteiger partial charge on any atom is -0.497 e. The average Bonchev–Trinajstić information content (AvgIpc) is 3.05.